The predicted molar refractivity (Wildman–Crippen MR) is 73.4 cm³/mol. The van der Waals surface area contributed by atoms with E-state index >= 15 is 0 Å². The van der Waals surface area contributed by atoms with Crippen LogP contribution in [0.5, 0.6) is 0 Å². The molecule has 0 aliphatic rings. The lowest BCUT2D eigenvalue weighted by molar-refractivity contribution is -0.137. The van der Waals surface area contributed by atoms with Gasteiger partial charge < -0.3 is 5.73 Å². The quantitative estimate of drug-likeness (QED) is 0.868. The second kappa shape index (κ2) is 5.29. The third kappa shape index (κ3) is 3.02. The highest BCUT2D eigenvalue weighted by molar-refractivity contribution is 5.39. The van der Waals surface area contributed by atoms with E-state index < -0.39 is 17.8 Å². The van der Waals surface area contributed by atoms with Gasteiger partial charge in [0.25, 0.3) is 0 Å². The number of rotatable bonds is 2. The van der Waals surface area contributed by atoms with Crippen LogP contribution in [-0.2, 0) is 6.18 Å². The number of benzene rings is 2. The minimum atomic E-state index is -4.32. The molecule has 0 radical (unpaired) electrons. The smallest absolute Gasteiger partial charge is 0.320 e. The van der Waals surface area contributed by atoms with E-state index in [1.807, 2.05) is 32.0 Å². The van der Waals surface area contributed by atoms with Crippen molar-refractivity contribution in [1.29, 1.82) is 0 Å². The number of alkyl halides is 3. The molecule has 0 saturated carbocycles. The van der Waals surface area contributed by atoms with Crippen molar-refractivity contribution in [3.8, 4) is 0 Å². The van der Waals surface area contributed by atoms with Crippen molar-refractivity contribution in [2.75, 3.05) is 0 Å². The molecule has 0 aliphatic heterocycles. The number of halogens is 3. The van der Waals surface area contributed by atoms with Crippen molar-refractivity contribution in [2.24, 2.45) is 5.73 Å². The molecule has 1 unspecified atom stereocenters. The average molecular weight is 279 g/mol. The molecule has 0 aliphatic carbocycles. The van der Waals surface area contributed by atoms with Gasteiger partial charge in [-0.15, -0.1) is 0 Å². The van der Waals surface area contributed by atoms with Crippen LogP contribution < -0.4 is 5.73 Å². The van der Waals surface area contributed by atoms with Gasteiger partial charge in [0.05, 0.1) is 11.6 Å². The Kier molecular flexibility index (Phi) is 3.86. The zero-order valence-corrected chi connectivity index (χ0v) is 11.3. The maximum atomic E-state index is 12.5. The van der Waals surface area contributed by atoms with E-state index in [1.54, 1.807) is 0 Å². The van der Waals surface area contributed by atoms with Crippen LogP contribution in [0.2, 0.25) is 0 Å². The van der Waals surface area contributed by atoms with Crippen LogP contribution in [0.1, 0.15) is 33.9 Å². The maximum absolute atomic E-state index is 12.5. The maximum Gasteiger partial charge on any atom is 0.416 e. The van der Waals surface area contributed by atoms with Crippen LogP contribution in [-0.4, -0.2) is 0 Å². The van der Waals surface area contributed by atoms with Gasteiger partial charge in [0.2, 0.25) is 0 Å². The molecule has 0 amide bonds. The number of hydrogen-bond acceptors (Lipinski definition) is 1. The van der Waals surface area contributed by atoms with Crippen LogP contribution in [0, 0.1) is 13.8 Å². The third-order valence-corrected chi connectivity index (χ3v) is 3.37. The van der Waals surface area contributed by atoms with E-state index in [4.69, 9.17) is 5.73 Å². The molecule has 0 fully saturated rings. The molecule has 106 valence electrons. The highest BCUT2D eigenvalue weighted by Crippen LogP contribution is 2.31. The van der Waals surface area contributed by atoms with Crippen molar-refractivity contribution < 1.29 is 13.2 Å². The summed E-state index contributed by atoms with van der Waals surface area (Å²) in [5.41, 5.74) is 9.22. The predicted octanol–water partition coefficient (Wildman–Crippen LogP) is 4.37. The molecular formula is C16H16F3N. The lowest BCUT2D eigenvalue weighted by Crippen LogP contribution is -2.14. The van der Waals surface area contributed by atoms with Crippen LogP contribution >= 0.6 is 0 Å². The summed E-state index contributed by atoms with van der Waals surface area (Å²) >= 11 is 0. The first-order valence-electron chi connectivity index (χ1n) is 6.29. The van der Waals surface area contributed by atoms with Crippen molar-refractivity contribution >= 4 is 0 Å². The standard InChI is InChI=1S/C16H16F3N/c1-10-3-4-11(2)14(9-10)15(20)12-5-7-13(8-6-12)16(17,18)19/h3-9,15H,20H2,1-2H3. The van der Waals surface area contributed by atoms with Gasteiger partial charge in [-0.2, -0.15) is 13.2 Å². The van der Waals surface area contributed by atoms with Gasteiger partial charge >= 0.3 is 6.18 Å². The van der Waals surface area contributed by atoms with Crippen LogP contribution in [0.3, 0.4) is 0 Å². The summed E-state index contributed by atoms with van der Waals surface area (Å²) in [6.45, 7) is 3.90. The Hall–Kier alpha value is -1.81. The third-order valence-electron chi connectivity index (χ3n) is 3.37. The highest BCUT2D eigenvalue weighted by Gasteiger charge is 2.30. The monoisotopic (exact) mass is 279 g/mol. The minimum Gasteiger partial charge on any atom is -0.320 e. The molecule has 0 bridgehead atoms. The first-order valence-corrected chi connectivity index (χ1v) is 6.29. The summed E-state index contributed by atoms with van der Waals surface area (Å²) in [4.78, 5) is 0. The molecule has 2 N–H and O–H groups in total. The molecule has 4 heteroatoms. The lowest BCUT2D eigenvalue weighted by atomic mass is 9.94. The zero-order valence-electron chi connectivity index (χ0n) is 11.3. The Morgan fingerprint density at radius 1 is 0.950 bits per heavy atom. The lowest BCUT2D eigenvalue weighted by Gasteiger charge is -2.17. The summed E-state index contributed by atoms with van der Waals surface area (Å²) in [6, 6.07) is 10.5. The molecular weight excluding hydrogens is 263 g/mol. The molecule has 2 aromatic rings. The van der Waals surface area contributed by atoms with Crippen LogP contribution in [0.25, 0.3) is 0 Å². The Balaban J connectivity index is 2.34. The first kappa shape index (κ1) is 14.6. The minimum absolute atomic E-state index is 0.419. The topological polar surface area (TPSA) is 26.0 Å². The van der Waals surface area contributed by atoms with E-state index in [2.05, 4.69) is 0 Å². The molecule has 2 rings (SSSR count). The van der Waals surface area contributed by atoms with E-state index in [0.29, 0.717) is 5.56 Å². The number of nitrogens with two attached hydrogens (primary N) is 1. The van der Waals surface area contributed by atoms with Gasteiger partial charge in [0.15, 0.2) is 0 Å². The van der Waals surface area contributed by atoms with Gasteiger partial charge in [-0.25, -0.2) is 0 Å². The Morgan fingerprint density at radius 2 is 1.55 bits per heavy atom. The zero-order chi connectivity index (χ0) is 14.9. The summed E-state index contributed by atoms with van der Waals surface area (Å²) in [6.07, 6.45) is -4.32. The molecule has 20 heavy (non-hydrogen) atoms. The second-order valence-electron chi connectivity index (χ2n) is 4.96. The summed E-state index contributed by atoms with van der Waals surface area (Å²) in [5.74, 6) is 0. The molecule has 2 aromatic carbocycles. The van der Waals surface area contributed by atoms with Crippen molar-refractivity contribution in [3.05, 3.63) is 70.3 Å². The fourth-order valence-corrected chi connectivity index (χ4v) is 2.15. The largest absolute Gasteiger partial charge is 0.416 e. The number of aryl methyl sites for hydroxylation is 2. The molecule has 0 aromatic heterocycles. The van der Waals surface area contributed by atoms with Crippen LogP contribution in [0.4, 0.5) is 13.2 Å². The van der Waals surface area contributed by atoms with Gasteiger partial charge in [0, 0.05) is 0 Å². The Labute approximate surface area is 116 Å². The van der Waals surface area contributed by atoms with Gasteiger partial charge in [-0.1, -0.05) is 35.9 Å². The van der Waals surface area contributed by atoms with E-state index in [1.165, 1.54) is 12.1 Å². The van der Waals surface area contributed by atoms with E-state index in [0.717, 1.165) is 28.8 Å². The fraction of sp³-hybridized carbons (Fsp3) is 0.250. The summed E-state index contributed by atoms with van der Waals surface area (Å²) in [5, 5.41) is 0. The van der Waals surface area contributed by atoms with Gasteiger partial charge in [0.1, 0.15) is 0 Å². The highest BCUT2D eigenvalue weighted by atomic mass is 19.4. The number of hydrogen-bond donors (Lipinski definition) is 1. The van der Waals surface area contributed by atoms with Crippen molar-refractivity contribution in [2.45, 2.75) is 26.1 Å². The second-order valence-corrected chi connectivity index (χ2v) is 4.96. The van der Waals surface area contributed by atoms with E-state index in [9.17, 15) is 13.2 Å². The van der Waals surface area contributed by atoms with Crippen molar-refractivity contribution in [3.63, 3.8) is 0 Å². The fourth-order valence-electron chi connectivity index (χ4n) is 2.15. The van der Waals surface area contributed by atoms with Crippen LogP contribution in [0.15, 0.2) is 42.5 Å². The van der Waals surface area contributed by atoms with E-state index in [-0.39, 0.29) is 0 Å². The molecule has 1 atom stereocenters. The molecule has 0 spiro atoms. The normalized spacial score (nSPS) is 13.3. The van der Waals surface area contributed by atoms with Gasteiger partial charge in [-0.05, 0) is 42.7 Å². The van der Waals surface area contributed by atoms with Crippen molar-refractivity contribution in [1.82, 2.24) is 0 Å². The summed E-state index contributed by atoms with van der Waals surface area (Å²) < 4.78 is 37.6. The van der Waals surface area contributed by atoms with Gasteiger partial charge in [-0.3, -0.25) is 0 Å². The molecule has 0 saturated heterocycles. The Morgan fingerprint density at radius 3 is 2.10 bits per heavy atom. The SMILES string of the molecule is Cc1ccc(C)c(C(N)c2ccc(C(F)(F)F)cc2)c1. The summed E-state index contributed by atoms with van der Waals surface area (Å²) in [7, 11) is 0. The Bertz CT molecular complexity index is 600. The molecule has 1 nitrogen and oxygen atoms in total. The molecule has 0 heterocycles. The first-order chi connectivity index (χ1) is 9.29. The average Bonchev–Trinajstić information content (AvgIpc) is 2.40.